The molecule has 36 heavy (non-hydrogen) atoms. The lowest BCUT2D eigenvalue weighted by atomic mass is 10.1. The molecule has 180 valence electrons. The first-order valence-corrected chi connectivity index (χ1v) is 12.0. The Hall–Kier alpha value is -4.16. The van der Waals surface area contributed by atoms with Gasteiger partial charge in [0.05, 0.1) is 11.7 Å². The van der Waals surface area contributed by atoms with E-state index in [0.717, 1.165) is 33.3 Å². The maximum atomic E-state index is 13.5. The van der Waals surface area contributed by atoms with Crippen LogP contribution in [0.3, 0.4) is 0 Å². The molecule has 1 amide bonds. The number of aryl methyl sites for hydroxylation is 1. The summed E-state index contributed by atoms with van der Waals surface area (Å²) in [5.41, 5.74) is 6.00. The van der Waals surface area contributed by atoms with Crippen LogP contribution in [-0.4, -0.2) is 36.2 Å². The number of hydrazone groups is 1. The van der Waals surface area contributed by atoms with Gasteiger partial charge in [-0.25, -0.2) is 9.99 Å². The van der Waals surface area contributed by atoms with Crippen molar-refractivity contribution in [2.45, 2.75) is 13.1 Å². The molecule has 4 aromatic rings. The molecular formula is C29H26ClN5O. The average molecular weight is 496 g/mol. The van der Waals surface area contributed by atoms with E-state index in [1.807, 2.05) is 111 Å². The molecule has 0 radical (unpaired) electrons. The number of halogens is 1. The summed E-state index contributed by atoms with van der Waals surface area (Å²) >= 11 is 6.45. The number of hydrogen-bond donors (Lipinski definition) is 1. The van der Waals surface area contributed by atoms with Crippen LogP contribution >= 0.6 is 11.6 Å². The second kappa shape index (κ2) is 9.84. The smallest absolute Gasteiger partial charge is 0.292 e. The van der Waals surface area contributed by atoms with Crippen molar-refractivity contribution in [3.05, 3.63) is 112 Å². The minimum atomic E-state index is -0.448. The molecule has 0 spiro atoms. The third-order valence-corrected chi connectivity index (χ3v) is 6.39. The SMILES string of the molecule is Cc1ccc2nc(Cl)c(C=NN3C(=O)C(=Cc4ccc(N(C)C)cc4)NC3c3ccccc3)cc2c1. The summed E-state index contributed by atoms with van der Waals surface area (Å²) in [7, 11) is 3.99. The van der Waals surface area contributed by atoms with Gasteiger partial charge in [0.15, 0.2) is 6.17 Å². The summed E-state index contributed by atoms with van der Waals surface area (Å²) in [5, 5.41) is 10.7. The van der Waals surface area contributed by atoms with Gasteiger partial charge in [-0.15, -0.1) is 0 Å². The molecule has 2 heterocycles. The molecule has 1 saturated heterocycles. The molecular weight excluding hydrogens is 470 g/mol. The first kappa shape index (κ1) is 23.6. The second-order valence-electron chi connectivity index (χ2n) is 8.96. The van der Waals surface area contributed by atoms with Gasteiger partial charge in [-0.3, -0.25) is 4.79 Å². The van der Waals surface area contributed by atoms with Gasteiger partial charge in [-0.05, 0) is 54.5 Å². The fourth-order valence-corrected chi connectivity index (χ4v) is 4.33. The molecule has 1 fully saturated rings. The average Bonchev–Trinajstić information content (AvgIpc) is 3.18. The van der Waals surface area contributed by atoms with Crippen molar-refractivity contribution in [3.63, 3.8) is 0 Å². The van der Waals surface area contributed by atoms with E-state index in [4.69, 9.17) is 11.6 Å². The van der Waals surface area contributed by atoms with Crippen LogP contribution in [0.5, 0.6) is 0 Å². The highest BCUT2D eigenvalue weighted by atomic mass is 35.5. The van der Waals surface area contributed by atoms with Crippen molar-refractivity contribution in [1.29, 1.82) is 0 Å². The van der Waals surface area contributed by atoms with Gasteiger partial charge in [0.1, 0.15) is 10.9 Å². The molecule has 1 N–H and O–H groups in total. The highest BCUT2D eigenvalue weighted by Gasteiger charge is 2.35. The van der Waals surface area contributed by atoms with Crippen LogP contribution in [0, 0.1) is 6.92 Å². The largest absolute Gasteiger partial charge is 0.378 e. The fourth-order valence-electron chi connectivity index (χ4n) is 4.13. The Morgan fingerprint density at radius 3 is 2.50 bits per heavy atom. The minimum absolute atomic E-state index is 0.225. The standard InChI is InChI=1S/C29H26ClN5O/c1-19-9-14-25-22(15-19)17-23(27(30)32-25)18-31-35-28(21-7-5-4-6-8-21)33-26(29(35)36)16-20-10-12-24(13-11-20)34(2)3/h4-18,28,33H,1-3H3. The first-order chi connectivity index (χ1) is 17.4. The van der Waals surface area contributed by atoms with Crippen LogP contribution in [0.25, 0.3) is 17.0 Å². The molecule has 1 aliphatic rings. The number of aromatic nitrogens is 1. The molecule has 6 nitrogen and oxygen atoms in total. The van der Waals surface area contributed by atoms with Crippen LogP contribution in [0.4, 0.5) is 5.69 Å². The Balaban J connectivity index is 1.49. The molecule has 0 aliphatic carbocycles. The number of rotatable bonds is 5. The zero-order valence-corrected chi connectivity index (χ0v) is 21.1. The first-order valence-electron chi connectivity index (χ1n) is 11.6. The summed E-state index contributed by atoms with van der Waals surface area (Å²) in [5.74, 6) is -0.225. The number of carbonyl (C=O) groups is 1. The van der Waals surface area contributed by atoms with Gasteiger partial charge >= 0.3 is 0 Å². The van der Waals surface area contributed by atoms with E-state index in [1.54, 1.807) is 6.21 Å². The van der Waals surface area contributed by atoms with Gasteiger partial charge in [0.2, 0.25) is 0 Å². The third kappa shape index (κ3) is 4.81. The highest BCUT2D eigenvalue weighted by Crippen LogP contribution is 2.29. The van der Waals surface area contributed by atoms with Crippen LogP contribution in [0.2, 0.25) is 5.15 Å². The topological polar surface area (TPSA) is 60.8 Å². The molecule has 0 saturated carbocycles. The molecule has 1 atom stereocenters. The van der Waals surface area contributed by atoms with Gasteiger partial charge in [0.25, 0.3) is 5.91 Å². The van der Waals surface area contributed by atoms with Crippen LogP contribution < -0.4 is 10.2 Å². The summed E-state index contributed by atoms with van der Waals surface area (Å²) in [4.78, 5) is 20.0. The van der Waals surface area contributed by atoms with Gasteiger partial charge in [-0.1, -0.05) is 65.7 Å². The lowest BCUT2D eigenvalue weighted by molar-refractivity contribution is -0.126. The number of amides is 1. The van der Waals surface area contributed by atoms with Crippen molar-refractivity contribution < 1.29 is 4.79 Å². The summed E-state index contributed by atoms with van der Waals surface area (Å²) in [6.07, 6.45) is 3.00. The summed E-state index contributed by atoms with van der Waals surface area (Å²) in [6.45, 7) is 2.03. The lowest BCUT2D eigenvalue weighted by Gasteiger charge is -2.19. The van der Waals surface area contributed by atoms with E-state index >= 15 is 0 Å². The summed E-state index contributed by atoms with van der Waals surface area (Å²) < 4.78 is 0. The van der Waals surface area contributed by atoms with Crippen molar-refractivity contribution in [2.24, 2.45) is 5.10 Å². The zero-order chi connectivity index (χ0) is 25.2. The van der Waals surface area contributed by atoms with Crippen LogP contribution in [0.15, 0.2) is 89.7 Å². The van der Waals surface area contributed by atoms with E-state index < -0.39 is 6.17 Å². The second-order valence-corrected chi connectivity index (χ2v) is 9.32. The predicted molar refractivity (Wildman–Crippen MR) is 147 cm³/mol. The van der Waals surface area contributed by atoms with Crippen LogP contribution in [0.1, 0.15) is 28.4 Å². The van der Waals surface area contributed by atoms with Crippen molar-refractivity contribution >= 4 is 46.4 Å². The number of hydrogen-bond acceptors (Lipinski definition) is 5. The van der Waals surface area contributed by atoms with E-state index in [9.17, 15) is 4.79 Å². The van der Waals surface area contributed by atoms with Crippen LogP contribution in [-0.2, 0) is 4.79 Å². The van der Waals surface area contributed by atoms with Gasteiger partial charge in [0, 0.05) is 30.7 Å². The molecule has 1 aromatic heterocycles. The van der Waals surface area contributed by atoms with E-state index in [-0.39, 0.29) is 5.91 Å². The summed E-state index contributed by atoms with van der Waals surface area (Å²) in [6, 6.07) is 25.7. The lowest BCUT2D eigenvalue weighted by Crippen LogP contribution is -2.25. The van der Waals surface area contributed by atoms with Crippen molar-refractivity contribution in [1.82, 2.24) is 15.3 Å². The zero-order valence-electron chi connectivity index (χ0n) is 20.3. The predicted octanol–water partition coefficient (Wildman–Crippen LogP) is 5.77. The van der Waals surface area contributed by atoms with E-state index in [2.05, 4.69) is 15.4 Å². The number of carbonyl (C=O) groups excluding carboxylic acids is 1. The maximum absolute atomic E-state index is 13.5. The molecule has 7 heteroatoms. The van der Waals surface area contributed by atoms with Crippen molar-refractivity contribution in [3.8, 4) is 0 Å². The highest BCUT2D eigenvalue weighted by molar-refractivity contribution is 6.32. The number of nitrogens with zero attached hydrogens (tertiary/aromatic N) is 4. The normalized spacial score (nSPS) is 16.8. The number of fused-ring (bicyclic) bond motifs is 1. The minimum Gasteiger partial charge on any atom is -0.378 e. The maximum Gasteiger partial charge on any atom is 0.292 e. The van der Waals surface area contributed by atoms with Crippen molar-refractivity contribution in [2.75, 3.05) is 19.0 Å². The molecule has 0 bridgehead atoms. The van der Waals surface area contributed by atoms with E-state index in [1.165, 1.54) is 5.01 Å². The number of benzene rings is 3. The Morgan fingerprint density at radius 2 is 1.78 bits per heavy atom. The van der Waals surface area contributed by atoms with E-state index in [0.29, 0.717) is 16.4 Å². The number of pyridine rings is 1. The Bertz CT molecular complexity index is 1480. The van der Waals surface area contributed by atoms with Gasteiger partial charge in [-0.2, -0.15) is 5.10 Å². The molecule has 1 unspecified atom stereocenters. The molecule has 3 aromatic carbocycles. The molecule has 1 aliphatic heterocycles. The number of anilines is 1. The molecule has 5 rings (SSSR count). The Labute approximate surface area is 215 Å². The number of nitrogens with one attached hydrogen (secondary N) is 1. The Morgan fingerprint density at radius 1 is 1.03 bits per heavy atom. The quantitative estimate of drug-likeness (QED) is 0.217. The van der Waals surface area contributed by atoms with Gasteiger partial charge < -0.3 is 10.2 Å². The Kier molecular flexibility index (Phi) is 6.44. The third-order valence-electron chi connectivity index (χ3n) is 6.08. The fraction of sp³-hybridized carbons (Fsp3) is 0.138. The monoisotopic (exact) mass is 495 g/mol.